The van der Waals surface area contributed by atoms with Crippen molar-refractivity contribution in [3.05, 3.63) is 70.7 Å². The lowest BCUT2D eigenvalue weighted by molar-refractivity contribution is -0.134. The minimum atomic E-state index is 0.144. The van der Waals surface area contributed by atoms with Gasteiger partial charge in [-0.1, -0.05) is 60.1 Å². The van der Waals surface area contributed by atoms with Crippen LogP contribution in [-0.2, 0) is 11.2 Å². The van der Waals surface area contributed by atoms with E-state index < -0.39 is 0 Å². The number of hydrogen-bond acceptors (Lipinski definition) is 1. The van der Waals surface area contributed by atoms with E-state index in [2.05, 4.69) is 41.3 Å². The summed E-state index contributed by atoms with van der Waals surface area (Å²) < 4.78 is 0. The molecule has 2 fully saturated rings. The van der Waals surface area contributed by atoms with Crippen molar-refractivity contribution in [2.75, 3.05) is 13.1 Å². The van der Waals surface area contributed by atoms with Crippen LogP contribution in [0.4, 0.5) is 0 Å². The van der Waals surface area contributed by atoms with Gasteiger partial charge >= 0.3 is 0 Å². The van der Waals surface area contributed by atoms with Crippen molar-refractivity contribution in [3.63, 3.8) is 0 Å². The zero-order valence-corrected chi connectivity index (χ0v) is 15.2. The number of hydrogen-bond donors (Lipinski definition) is 0. The molecule has 1 saturated carbocycles. The van der Waals surface area contributed by atoms with Crippen LogP contribution in [0, 0.1) is 11.8 Å². The Balaban J connectivity index is 1.30. The van der Waals surface area contributed by atoms with Gasteiger partial charge in [0, 0.05) is 24.0 Å². The van der Waals surface area contributed by atoms with Gasteiger partial charge in [0.25, 0.3) is 0 Å². The first-order chi connectivity index (χ1) is 12.2. The number of benzene rings is 2. The highest BCUT2D eigenvalue weighted by Gasteiger charge is 2.46. The number of halogens is 1. The smallest absolute Gasteiger partial charge is 0.226 e. The lowest BCUT2D eigenvalue weighted by Crippen LogP contribution is -2.40. The van der Waals surface area contributed by atoms with Gasteiger partial charge in [-0.05, 0) is 54.7 Å². The Labute approximate surface area is 154 Å². The first kappa shape index (κ1) is 16.7. The van der Waals surface area contributed by atoms with E-state index in [1.165, 1.54) is 5.56 Å². The van der Waals surface area contributed by atoms with E-state index in [0.717, 1.165) is 49.4 Å². The van der Waals surface area contributed by atoms with E-state index in [1.807, 2.05) is 18.2 Å². The van der Waals surface area contributed by atoms with Gasteiger partial charge in [0.15, 0.2) is 0 Å². The second kappa shape index (κ2) is 7.21. The third kappa shape index (κ3) is 3.74. The third-order valence-corrected chi connectivity index (χ3v) is 6.05. The molecule has 0 bridgehead atoms. The van der Waals surface area contributed by atoms with Gasteiger partial charge in [0.1, 0.15) is 0 Å². The summed E-state index contributed by atoms with van der Waals surface area (Å²) in [6.07, 6.45) is 4.31. The van der Waals surface area contributed by atoms with Crippen LogP contribution >= 0.6 is 11.6 Å². The number of piperidine rings is 1. The van der Waals surface area contributed by atoms with Gasteiger partial charge in [-0.2, -0.15) is 0 Å². The van der Waals surface area contributed by atoms with E-state index >= 15 is 0 Å². The molecule has 1 aliphatic carbocycles. The minimum Gasteiger partial charge on any atom is -0.342 e. The first-order valence-corrected chi connectivity index (χ1v) is 9.67. The maximum absolute atomic E-state index is 12.8. The number of amides is 1. The van der Waals surface area contributed by atoms with Crippen LogP contribution in [0.3, 0.4) is 0 Å². The summed E-state index contributed by atoms with van der Waals surface area (Å²) >= 11 is 6.29. The molecule has 1 heterocycles. The summed E-state index contributed by atoms with van der Waals surface area (Å²) in [5, 5.41) is 0.796. The molecule has 1 aliphatic heterocycles. The van der Waals surface area contributed by atoms with Crippen LogP contribution in [0.1, 0.15) is 36.3 Å². The van der Waals surface area contributed by atoms with Gasteiger partial charge in [-0.25, -0.2) is 0 Å². The molecule has 0 N–H and O–H groups in total. The topological polar surface area (TPSA) is 20.3 Å². The molecule has 25 heavy (non-hydrogen) atoms. The minimum absolute atomic E-state index is 0.144. The molecule has 0 spiro atoms. The number of likely N-dealkylation sites (tertiary alicyclic amines) is 1. The van der Waals surface area contributed by atoms with E-state index in [1.54, 1.807) is 0 Å². The molecule has 2 aromatic rings. The zero-order chi connectivity index (χ0) is 17.2. The van der Waals surface area contributed by atoms with Crippen molar-refractivity contribution in [1.82, 2.24) is 4.90 Å². The monoisotopic (exact) mass is 353 g/mol. The van der Waals surface area contributed by atoms with Crippen molar-refractivity contribution in [1.29, 1.82) is 0 Å². The van der Waals surface area contributed by atoms with Crippen LogP contribution in [0.2, 0.25) is 5.02 Å². The quantitative estimate of drug-likeness (QED) is 0.763. The summed E-state index contributed by atoms with van der Waals surface area (Å²) in [5.41, 5.74) is 2.55. The summed E-state index contributed by atoms with van der Waals surface area (Å²) in [6.45, 7) is 1.81. The molecule has 2 aromatic carbocycles. The predicted octanol–water partition coefficient (Wildman–Crippen LogP) is 4.92. The van der Waals surface area contributed by atoms with Gasteiger partial charge in [0.05, 0.1) is 0 Å². The van der Waals surface area contributed by atoms with E-state index in [0.29, 0.717) is 17.7 Å². The lowest BCUT2D eigenvalue weighted by atomic mass is 9.90. The second-order valence-electron chi connectivity index (χ2n) is 7.43. The fourth-order valence-corrected chi connectivity index (χ4v) is 4.40. The van der Waals surface area contributed by atoms with Crippen molar-refractivity contribution < 1.29 is 4.79 Å². The first-order valence-electron chi connectivity index (χ1n) is 9.29. The largest absolute Gasteiger partial charge is 0.342 e. The van der Waals surface area contributed by atoms with Crippen molar-refractivity contribution >= 4 is 17.5 Å². The Kier molecular flexibility index (Phi) is 4.80. The number of carbonyl (C=O) groups excluding carboxylic acids is 1. The standard InChI is InChI=1S/C22H24ClNO/c23-21-9-5-4-8-18(21)19-15-20(19)22(25)24-12-10-17(11-13-24)14-16-6-2-1-3-7-16/h1-9,17,19-20H,10-15H2. The maximum Gasteiger partial charge on any atom is 0.226 e. The zero-order valence-electron chi connectivity index (χ0n) is 14.4. The van der Waals surface area contributed by atoms with Crippen molar-refractivity contribution in [2.24, 2.45) is 11.8 Å². The molecule has 0 radical (unpaired) electrons. The van der Waals surface area contributed by atoms with E-state index in [9.17, 15) is 4.79 Å². The normalized spacial score (nSPS) is 23.5. The number of rotatable bonds is 4. The van der Waals surface area contributed by atoms with Gasteiger partial charge in [-0.15, -0.1) is 0 Å². The Hall–Kier alpha value is -1.80. The SMILES string of the molecule is O=C(C1CC1c1ccccc1Cl)N1CCC(Cc2ccccc2)CC1. The molecular formula is C22H24ClNO. The Morgan fingerprint density at radius 2 is 1.68 bits per heavy atom. The lowest BCUT2D eigenvalue weighted by Gasteiger charge is -2.32. The fourth-order valence-electron chi connectivity index (χ4n) is 4.13. The molecule has 3 heteroatoms. The van der Waals surface area contributed by atoms with E-state index in [-0.39, 0.29) is 5.92 Å². The summed E-state index contributed by atoms with van der Waals surface area (Å²) in [5.74, 6) is 1.50. The highest BCUT2D eigenvalue weighted by molar-refractivity contribution is 6.31. The molecule has 4 rings (SSSR count). The predicted molar refractivity (Wildman–Crippen MR) is 102 cm³/mol. The average Bonchev–Trinajstić information content (AvgIpc) is 3.44. The number of nitrogens with zero attached hydrogens (tertiary/aromatic N) is 1. The number of carbonyl (C=O) groups is 1. The van der Waals surface area contributed by atoms with Gasteiger partial charge < -0.3 is 4.90 Å². The van der Waals surface area contributed by atoms with Crippen LogP contribution in [0.15, 0.2) is 54.6 Å². The Morgan fingerprint density at radius 3 is 2.40 bits per heavy atom. The van der Waals surface area contributed by atoms with Crippen molar-refractivity contribution in [2.45, 2.75) is 31.6 Å². The molecule has 130 valence electrons. The van der Waals surface area contributed by atoms with Gasteiger partial charge in [0.2, 0.25) is 5.91 Å². The maximum atomic E-state index is 12.8. The highest BCUT2D eigenvalue weighted by Crippen LogP contribution is 2.50. The molecular weight excluding hydrogens is 330 g/mol. The van der Waals surface area contributed by atoms with E-state index in [4.69, 9.17) is 11.6 Å². The summed E-state index contributed by atoms with van der Waals surface area (Å²) in [7, 11) is 0. The second-order valence-corrected chi connectivity index (χ2v) is 7.84. The summed E-state index contributed by atoms with van der Waals surface area (Å²) in [4.78, 5) is 14.9. The van der Waals surface area contributed by atoms with Gasteiger partial charge in [-0.3, -0.25) is 4.79 Å². The summed E-state index contributed by atoms with van der Waals surface area (Å²) in [6, 6.07) is 18.6. The molecule has 2 atom stereocenters. The van der Waals surface area contributed by atoms with Crippen LogP contribution in [0.5, 0.6) is 0 Å². The molecule has 2 unspecified atom stereocenters. The van der Waals surface area contributed by atoms with Crippen LogP contribution < -0.4 is 0 Å². The molecule has 1 amide bonds. The average molecular weight is 354 g/mol. The Bertz CT molecular complexity index is 737. The third-order valence-electron chi connectivity index (χ3n) is 5.71. The highest BCUT2D eigenvalue weighted by atomic mass is 35.5. The molecule has 1 saturated heterocycles. The fraction of sp³-hybridized carbons (Fsp3) is 0.409. The van der Waals surface area contributed by atoms with Crippen LogP contribution in [0.25, 0.3) is 0 Å². The molecule has 2 nitrogen and oxygen atoms in total. The molecule has 2 aliphatic rings. The molecule has 0 aromatic heterocycles. The van der Waals surface area contributed by atoms with Crippen molar-refractivity contribution in [3.8, 4) is 0 Å². The van der Waals surface area contributed by atoms with Crippen LogP contribution in [-0.4, -0.2) is 23.9 Å². The Morgan fingerprint density at radius 1 is 1.00 bits per heavy atom.